The molecule has 3 rings (SSSR count). The minimum Gasteiger partial charge on any atom is -0.493 e. The van der Waals surface area contributed by atoms with Crippen molar-refractivity contribution in [2.75, 3.05) is 13.7 Å². The predicted molar refractivity (Wildman–Crippen MR) is 129 cm³/mol. The highest BCUT2D eigenvalue weighted by molar-refractivity contribution is 7.15. The molecule has 0 radical (unpaired) electrons. The molecular weight excluding hydrogens is 446 g/mol. The Morgan fingerprint density at radius 2 is 1.88 bits per heavy atom. The molecule has 2 aromatic carbocycles. The fourth-order valence-corrected chi connectivity index (χ4v) is 3.75. The molecule has 0 aliphatic carbocycles. The maximum Gasteiger partial charge on any atom is 0.282 e. The van der Waals surface area contributed by atoms with E-state index in [-0.39, 0.29) is 10.9 Å². The highest BCUT2D eigenvalue weighted by Crippen LogP contribution is 2.31. The molecule has 0 saturated heterocycles. The number of halogens is 1. The van der Waals surface area contributed by atoms with Gasteiger partial charge in [0.1, 0.15) is 0 Å². The van der Waals surface area contributed by atoms with E-state index in [1.807, 2.05) is 49.4 Å². The van der Waals surface area contributed by atoms with Gasteiger partial charge in [0, 0.05) is 6.54 Å². The Hall–Kier alpha value is -2.90. The van der Waals surface area contributed by atoms with E-state index in [2.05, 4.69) is 22.4 Å². The Bertz CT molecular complexity index is 1080. The lowest BCUT2D eigenvalue weighted by molar-refractivity contribution is 0.0950. The van der Waals surface area contributed by atoms with E-state index in [1.165, 1.54) is 5.56 Å². The molecule has 1 amide bonds. The summed E-state index contributed by atoms with van der Waals surface area (Å²) >= 11 is 7.59. The van der Waals surface area contributed by atoms with E-state index in [4.69, 9.17) is 21.1 Å². The average Bonchev–Trinajstić information content (AvgIpc) is 3.30. The van der Waals surface area contributed by atoms with E-state index in [9.17, 15) is 4.79 Å². The van der Waals surface area contributed by atoms with Crippen LogP contribution < -0.4 is 14.8 Å². The van der Waals surface area contributed by atoms with Crippen molar-refractivity contribution in [3.8, 4) is 11.5 Å². The van der Waals surface area contributed by atoms with Crippen LogP contribution in [0.3, 0.4) is 0 Å². The zero-order chi connectivity index (χ0) is 22.9. The molecule has 168 valence electrons. The second-order valence-corrected chi connectivity index (χ2v) is 8.57. The molecule has 3 aromatic rings. The molecule has 1 N–H and O–H groups in total. The lowest BCUT2D eigenvalue weighted by Gasteiger charge is -2.11. The molecule has 0 bridgehead atoms. The van der Waals surface area contributed by atoms with Gasteiger partial charge in [0.25, 0.3) is 5.91 Å². The lowest BCUT2D eigenvalue weighted by atomic mass is 10.1. The molecular formula is C24H26ClN3O3S. The number of aromatic nitrogens is 2. The summed E-state index contributed by atoms with van der Waals surface area (Å²) in [6.07, 6.45) is 3.80. The fourth-order valence-electron chi connectivity index (χ4n) is 2.80. The predicted octanol–water partition coefficient (Wildman–Crippen LogP) is 5.70. The van der Waals surface area contributed by atoms with Crippen molar-refractivity contribution >= 4 is 40.0 Å². The van der Waals surface area contributed by atoms with Gasteiger partial charge >= 0.3 is 0 Å². The van der Waals surface area contributed by atoms with Gasteiger partial charge < -0.3 is 14.8 Å². The number of aryl methyl sites for hydroxylation is 1. The molecule has 0 aliphatic rings. The first-order valence-corrected chi connectivity index (χ1v) is 11.5. The third-order valence-corrected chi connectivity index (χ3v) is 5.99. The number of carbonyl (C=O) groups excluding carboxylic acids is 1. The van der Waals surface area contributed by atoms with Gasteiger partial charge in [-0.1, -0.05) is 72.2 Å². The van der Waals surface area contributed by atoms with Gasteiger partial charge in [0.05, 0.1) is 18.7 Å². The summed E-state index contributed by atoms with van der Waals surface area (Å²) in [6.45, 7) is 5.20. The number of amides is 1. The van der Waals surface area contributed by atoms with Crippen LogP contribution in [-0.4, -0.2) is 29.8 Å². The van der Waals surface area contributed by atoms with Crippen molar-refractivity contribution in [3.05, 3.63) is 69.2 Å². The summed E-state index contributed by atoms with van der Waals surface area (Å²) in [5.41, 5.74) is 3.02. The summed E-state index contributed by atoms with van der Waals surface area (Å²) in [5, 5.41) is 12.0. The standard InChI is InChI=1S/C24H26ClN3O3S/c1-4-5-12-31-20-11-10-18(14-21(20)30-3)13-19(25)23-27-28-24(32-23)22(29)26-15-17-8-6-16(2)7-9-17/h6-11,13-14H,4-5,12,15H2,1-3H3,(H,26,29)/b19-13-. The molecule has 0 spiro atoms. The van der Waals surface area contributed by atoms with E-state index in [0.29, 0.717) is 34.7 Å². The Balaban J connectivity index is 1.65. The van der Waals surface area contributed by atoms with E-state index < -0.39 is 0 Å². The van der Waals surface area contributed by atoms with Crippen LogP contribution in [0.25, 0.3) is 11.1 Å². The first-order chi connectivity index (χ1) is 15.5. The van der Waals surface area contributed by atoms with Crippen LogP contribution >= 0.6 is 22.9 Å². The number of rotatable bonds is 10. The number of unbranched alkanes of at least 4 members (excludes halogenated alkanes) is 1. The number of nitrogens with zero attached hydrogens (tertiary/aromatic N) is 2. The molecule has 0 aliphatic heterocycles. The number of hydrogen-bond acceptors (Lipinski definition) is 6. The normalized spacial score (nSPS) is 11.3. The van der Waals surface area contributed by atoms with Gasteiger partial charge in [0.2, 0.25) is 5.01 Å². The van der Waals surface area contributed by atoms with Crippen molar-refractivity contribution < 1.29 is 14.3 Å². The van der Waals surface area contributed by atoms with Gasteiger partial charge in [-0.05, 0) is 42.7 Å². The van der Waals surface area contributed by atoms with Crippen molar-refractivity contribution in [2.24, 2.45) is 0 Å². The number of methoxy groups -OCH3 is 1. The molecule has 0 fully saturated rings. The summed E-state index contributed by atoms with van der Waals surface area (Å²) in [6, 6.07) is 13.6. The molecule has 0 atom stereocenters. The Morgan fingerprint density at radius 3 is 2.59 bits per heavy atom. The maximum atomic E-state index is 12.4. The van der Waals surface area contributed by atoms with Gasteiger partial charge in [0.15, 0.2) is 16.5 Å². The Kier molecular flexibility index (Phi) is 8.64. The highest BCUT2D eigenvalue weighted by atomic mass is 35.5. The van der Waals surface area contributed by atoms with Crippen LogP contribution in [0.15, 0.2) is 42.5 Å². The van der Waals surface area contributed by atoms with Gasteiger partial charge in [-0.15, -0.1) is 10.2 Å². The zero-order valence-corrected chi connectivity index (χ0v) is 19.9. The smallest absolute Gasteiger partial charge is 0.282 e. The molecule has 8 heteroatoms. The fraction of sp³-hybridized carbons (Fsp3) is 0.292. The van der Waals surface area contributed by atoms with Crippen LogP contribution in [0.2, 0.25) is 0 Å². The lowest BCUT2D eigenvalue weighted by Crippen LogP contribution is -2.22. The van der Waals surface area contributed by atoms with Crippen LogP contribution in [0, 0.1) is 6.92 Å². The van der Waals surface area contributed by atoms with Gasteiger partial charge in [-0.3, -0.25) is 4.79 Å². The van der Waals surface area contributed by atoms with Gasteiger partial charge in [-0.2, -0.15) is 0 Å². The summed E-state index contributed by atoms with van der Waals surface area (Å²) in [5.74, 6) is 1.04. The number of benzene rings is 2. The number of nitrogens with one attached hydrogen (secondary N) is 1. The van der Waals surface area contributed by atoms with E-state index >= 15 is 0 Å². The van der Waals surface area contributed by atoms with Crippen LogP contribution in [0.5, 0.6) is 11.5 Å². The van der Waals surface area contributed by atoms with E-state index in [0.717, 1.165) is 35.3 Å². The summed E-state index contributed by atoms with van der Waals surface area (Å²) in [7, 11) is 1.60. The highest BCUT2D eigenvalue weighted by Gasteiger charge is 2.15. The number of carbonyl (C=O) groups is 1. The number of ether oxygens (including phenoxy) is 2. The molecule has 1 heterocycles. The maximum absolute atomic E-state index is 12.4. The van der Waals surface area contributed by atoms with Gasteiger partial charge in [-0.25, -0.2) is 0 Å². The van der Waals surface area contributed by atoms with Crippen molar-refractivity contribution in [1.82, 2.24) is 15.5 Å². The van der Waals surface area contributed by atoms with Crippen LogP contribution in [0.1, 0.15) is 51.3 Å². The third-order valence-electron chi connectivity index (χ3n) is 4.63. The molecule has 32 heavy (non-hydrogen) atoms. The largest absolute Gasteiger partial charge is 0.493 e. The Labute approximate surface area is 197 Å². The topological polar surface area (TPSA) is 73.3 Å². The SMILES string of the molecule is CCCCOc1ccc(/C=C(\Cl)c2nnc(C(=O)NCc3ccc(C)cc3)s2)cc1OC. The van der Waals surface area contributed by atoms with Crippen LogP contribution in [0.4, 0.5) is 0 Å². The molecule has 6 nitrogen and oxygen atoms in total. The van der Waals surface area contributed by atoms with Crippen LogP contribution in [-0.2, 0) is 6.54 Å². The van der Waals surface area contributed by atoms with Crippen molar-refractivity contribution in [1.29, 1.82) is 0 Å². The quantitative estimate of drug-likeness (QED) is 0.384. The molecule has 0 unspecified atom stereocenters. The minimum atomic E-state index is -0.283. The average molecular weight is 472 g/mol. The summed E-state index contributed by atoms with van der Waals surface area (Å²) in [4.78, 5) is 12.4. The summed E-state index contributed by atoms with van der Waals surface area (Å²) < 4.78 is 11.2. The molecule has 0 saturated carbocycles. The van der Waals surface area contributed by atoms with Crippen molar-refractivity contribution in [3.63, 3.8) is 0 Å². The molecule has 1 aromatic heterocycles. The van der Waals surface area contributed by atoms with E-state index in [1.54, 1.807) is 13.2 Å². The zero-order valence-electron chi connectivity index (χ0n) is 18.4. The Morgan fingerprint density at radius 1 is 1.12 bits per heavy atom. The minimum absolute atomic E-state index is 0.260. The first kappa shape index (κ1) is 23.8. The van der Waals surface area contributed by atoms with Crippen molar-refractivity contribution in [2.45, 2.75) is 33.2 Å². The first-order valence-electron chi connectivity index (χ1n) is 10.4. The third kappa shape index (κ3) is 6.55. The second-order valence-electron chi connectivity index (χ2n) is 7.19. The second kappa shape index (κ2) is 11.6. The number of hydrogen-bond donors (Lipinski definition) is 1. The monoisotopic (exact) mass is 471 g/mol.